The number of furan rings is 2. The maximum Gasteiger partial charge on any atom is 0.143 e. The second kappa shape index (κ2) is 10.6. The van der Waals surface area contributed by atoms with Gasteiger partial charge in [0.2, 0.25) is 0 Å². The van der Waals surface area contributed by atoms with E-state index in [9.17, 15) is 0 Å². The van der Waals surface area contributed by atoms with Gasteiger partial charge in [0.1, 0.15) is 22.3 Å². The molecule has 0 saturated carbocycles. The lowest BCUT2D eigenvalue weighted by atomic mass is 9.97. The lowest BCUT2D eigenvalue weighted by molar-refractivity contribution is 0.669. The van der Waals surface area contributed by atoms with Crippen LogP contribution in [0.1, 0.15) is 30.5 Å². The summed E-state index contributed by atoms with van der Waals surface area (Å²) in [7, 11) is 0. The molecule has 2 heterocycles. The first-order valence-electron chi connectivity index (χ1n) is 14.9. The van der Waals surface area contributed by atoms with Crippen molar-refractivity contribution < 1.29 is 8.83 Å². The molecule has 0 saturated heterocycles. The fourth-order valence-corrected chi connectivity index (χ4v) is 6.33. The highest BCUT2D eigenvalue weighted by molar-refractivity contribution is 6.18. The van der Waals surface area contributed by atoms with Gasteiger partial charge in [0, 0.05) is 38.1 Å². The maximum atomic E-state index is 6.45. The third kappa shape index (κ3) is 4.43. The van der Waals surface area contributed by atoms with E-state index < -0.39 is 0 Å². The number of nitrogens with zero attached hydrogens (tertiary/aromatic N) is 1. The molecule has 2 aromatic heterocycles. The first kappa shape index (κ1) is 26.0. The first-order valence-corrected chi connectivity index (χ1v) is 14.9. The van der Waals surface area contributed by atoms with Crippen LogP contribution < -0.4 is 0 Å². The Kier molecular flexibility index (Phi) is 6.26. The van der Waals surface area contributed by atoms with Crippen LogP contribution in [0.5, 0.6) is 0 Å². The molecule has 0 bridgehead atoms. The van der Waals surface area contributed by atoms with E-state index in [4.69, 9.17) is 13.8 Å². The normalized spacial score (nSPS) is 12.0. The molecule has 0 radical (unpaired) electrons. The monoisotopic (exact) mass is 567 g/mol. The van der Waals surface area contributed by atoms with Gasteiger partial charge >= 0.3 is 0 Å². The van der Waals surface area contributed by atoms with Crippen molar-refractivity contribution in [2.75, 3.05) is 0 Å². The molecule has 6 aromatic carbocycles. The molecule has 210 valence electrons. The minimum Gasteiger partial charge on any atom is -0.456 e. The Morgan fingerprint density at radius 3 is 2.23 bits per heavy atom. The summed E-state index contributed by atoms with van der Waals surface area (Å²) in [5.41, 5.74) is 13.4. The Morgan fingerprint density at radius 1 is 0.614 bits per heavy atom. The summed E-state index contributed by atoms with van der Waals surface area (Å²) in [5.74, 6) is 0. The first-order chi connectivity index (χ1) is 21.6. The SMILES string of the molecule is CC(=C=C(C)c1cccc2oc3c4ccccc4ccc3c12)C(=NCc1ccccc1)c1ccc2c(c1)oc1ccccc12. The molecule has 44 heavy (non-hydrogen) atoms. The number of aliphatic imine (C=N–C) groups is 1. The van der Waals surface area contributed by atoms with Crippen molar-refractivity contribution in [2.45, 2.75) is 20.4 Å². The van der Waals surface area contributed by atoms with Crippen LogP contribution in [0.3, 0.4) is 0 Å². The molecular formula is C41H29NO2. The van der Waals surface area contributed by atoms with E-state index in [1.807, 2.05) is 30.3 Å². The van der Waals surface area contributed by atoms with Crippen LogP contribution in [0.25, 0.3) is 60.2 Å². The van der Waals surface area contributed by atoms with Crippen molar-refractivity contribution >= 4 is 65.9 Å². The number of fused-ring (bicyclic) bond motifs is 8. The molecule has 0 amide bonds. The molecule has 0 aliphatic rings. The molecule has 8 aromatic rings. The Bertz CT molecular complexity index is 2470. The largest absolute Gasteiger partial charge is 0.456 e. The molecule has 0 aliphatic carbocycles. The molecule has 0 unspecified atom stereocenters. The van der Waals surface area contributed by atoms with Crippen LogP contribution in [0.4, 0.5) is 0 Å². The van der Waals surface area contributed by atoms with E-state index in [1.165, 1.54) is 5.39 Å². The fraction of sp³-hybridized carbons (Fsp3) is 0.0732. The Balaban J connectivity index is 1.30. The Hall–Kier alpha value is -5.63. The second-order valence-electron chi connectivity index (χ2n) is 11.3. The lowest BCUT2D eigenvalue weighted by Crippen LogP contribution is -2.03. The van der Waals surface area contributed by atoms with Gasteiger partial charge in [-0.15, -0.1) is 5.73 Å². The third-order valence-corrected chi connectivity index (χ3v) is 8.44. The predicted molar refractivity (Wildman–Crippen MR) is 183 cm³/mol. The van der Waals surface area contributed by atoms with E-state index in [0.29, 0.717) is 6.54 Å². The average molecular weight is 568 g/mol. The van der Waals surface area contributed by atoms with E-state index in [0.717, 1.165) is 82.8 Å². The Morgan fingerprint density at radius 2 is 1.34 bits per heavy atom. The smallest absolute Gasteiger partial charge is 0.143 e. The van der Waals surface area contributed by atoms with Crippen molar-refractivity contribution in [1.29, 1.82) is 0 Å². The van der Waals surface area contributed by atoms with Gasteiger partial charge in [0.05, 0.1) is 12.3 Å². The van der Waals surface area contributed by atoms with Crippen LogP contribution in [-0.4, -0.2) is 5.71 Å². The van der Waals surface area contributed by atoms with Gasteiger partial charge in [-0.2, -0.15) is 0 Å². The highest BCUT2D eigenvalue weighted by Crippen LogP contribution is 2.38. The molecular weight excluding hydrogens is 538 g/mol. The van der Waals surface area contributed by atoms with Crippen molar-refractivity contribution in [3.05, 3.63) is 155 Å². The highest BCUT2D eigenvalue weighted by Gasteiger charge is 2.15. The summed E-state index contributed by atoms with van der Waals surface area (Å²) >= 11 is 0. The van der Waals surface area contributed by atoms with E-state index in [2.05, 4.69) is 117 Å². The van der Waals surface area contributed by atoms with E-state index >= 15 is 0 Å². The Labute approximate surface area is 255 Å². The minimum atomic E-state index is 0.571. The van der Waals surface area contributed by atoms with Crippen LogP contribution in [-0.2, 0) is 6.54 Å². The summed E-state index contributed by atoms with van der Waals surface area (Å²) in [5, 5.41) is 6.74. The molecule has 0 spiro atoms. The topological polar surface area (TPSA) is 38.6 Å². The zero-order chi connectivity index (χ0) is 29.6. The number of hydrogen-bond donors (Lipinski definition) is 0. The van der Waals surface area contributed by atoms with Gasteiger partial charge in [-0.05, 0) is 66.3 Å². The van der Waals surface area contributed by atoms with Crippen LogP contribution in [0, 0.1) is 0 Å². The van der Waals surface area contributed by atoms with Gasteiger partial charge in [-0.25, -0.2) is 0 Å². The molecule has 0 aliphatic heterocycles. The fourth-order valence-electron chi connectivity index (χ4n) is 6.33. The van der Waals surface area contributed by atoms with Crippen LogP contribution in [0.2, 0.25) is 0 Å². The van der Waals surface area contributed by atoms with Gasteiger partial charge in [0.15, 0.2) is 0 Å². The molecule has 8 rings (SSSR count). The van der Waals surface area contributed by atoms with E-state index in [-0.39, 0.29) is 0 Å². The molecule has 3 nitrogen and oxygen atoms in total. The lowest BCUT2D eigenvalue weighted by Gasteiger charge is -2.08. The van der Waals surface area contributed by atoms with Crippen molar-refractivity contribution in [1.82, 2.24) is 0 Å². The van der Waals surface area contributed by atoms with Crippen molar-refractivity contribution in [3.63, 3.8) is 0 Å². The van der Waals surface area contributed by atoms with Gasteiger partial charge in [-0.1, -0.05) is 97.1 Å². The van der Waals surface area contributed by atoms with Crippen molar-refractivity contribution in [3.8, 4) is 0 Å². The molecule has 0 N–H and O–H groups in total. The van der Waals surface area contributed by atoms with Gasteiger partial charge in [0.25, 0.3) is 0 Å². The molecule has 0 atom stereocenters. The van der Waals surface area contributed by atoms with Crippen molar-refractivity contribution in [2.24, 2.45) is 4.99 Å². The predicted octanol–water partition coefficient (Wildman–Crippen LogP) is 11.3. The second-order valence-corrected chi connectivity index (χ2v) is 11.3. The quantitative estimate of drug-likeness (QED) is 0.153. The average Bonchev–Trinajstić information content (AvgIpc) is 3.63. The number of rotatable bonds is 5. The summed E-state index contributed by atoms with van der Waals surface area (Å²) in [6.07, 6.45) is 0. The van der Waals surface area contributed by atoms with Crippen LogP contribution in [0.15, 0.2) is 153 Å². The summed E-state index contributed by atoms with van der Waals surface area (Å²) in [6.45, 7) is 4.79. The number of allylic oxidation sites excluding steroid dienone is 1. The van der Waals surface area contributed by atoms with Gasteiger partial charge in [-0.3, -0.25) is 4.99 Å². The summed E-state index contributed by atoms with van der Waals surface area (Å²) in [4.78, 5) is 5.15. The summed E-state index contributed by atoms with van der Waals surface area (Å²) in [6, 6.07) is 43.9. The molecule has 3 heteroatoms. The minimum absolute atomic E-state index is 0.571. The maximum absolute atomic E-state index is 6.45. The van der Waals surface area contributed by atoms with E-state index in [1.54, 1.807) is 0 Å². The highest BCUT2D eigenvalue weighted by atomic mass is 16.3. The zero-order valence-corrected chi connectivity index (χ0v) is 24.6. The molecule has 0 fully saturated rings. The standard InChI is InChI=1S/C41H29NO2/c1-26(31-16-10-18-37-39(31)35-22-19-29-13-6-7-14-32(29)41(35)44-37)23-27(2)40(42-25-28-11-4-3-5-12-28)30-20-21-34-33-15-8-9-17-36(33)43-38(34)24-30/h3-22,24H,25H2,1-2H3. The third-order valence-electron chi connectivity index (χ3n) is 8.44. The number of hydrogen-bond acceptors (Lipinski definition) is 3. The zero-order valence-electron chi connectivity index (χ0n) is 24.6. The number of benzene rings is 6. The number of para-hydroxylation sites is 1. The van der Waals surface area contributed by atoms with Crippen LogP contribution >= 0.6 is 0 Å². The summed E-state index contributed by atoms with van der Waals surface area (Å²) < 4.78 is 12.7. The van der Waals surface area contributed by atoms with Gasteiger partial charge < -0.3 is 8.83 Å².